The summed E-state index contributed by atoms with van der Waals surface area (Å²) in [4.78, 5) is 0. The average molecular weight is 211 g/mol. The van der Waals surface area contributed by atoms with Gasteiger partial charge in [0.25, 0.3) is 0 Å². The van der Waals surface area contributed by atoms with Crippen LogP contribution in [0.25, 0.3) is 0 Å². The normalized spacial score (nSPS) is 12.9. The molecule has 0 saturated heterocycles. The summed E-state index contributed by atoms with van der Waals surface area (Å²) in [5.74, 6) is 0.997. The van der Waals surface area contributed by atoms with Crippen LogP contribution in [0.15, 0.2) is 22.8 Å². The molecule has 0 spiro atoms. The molecule has 3 heteroatoms. The van der Waals surface area contributed by atoms with Gasteiger partial charge in [0.1, 0.15) is 5.76 Å². The summed E-state index contributed by atoms with van der Waals surface area (Å²) in [7, 11) is 0. The first-order valence-electron chi connectivity index (χ1n) is 5.73. The zero-order valence-electron chi connectivity index (χ0n) is 9.66. The highest BCUT2D eigenvalue weighted by molar-refractivity contribution is 5.04. The second-order valence-corrected chi connectivity index (χ2v) is 3.53. The predicted octanol–water partition coefficient (Wildman–Crippen LogP) is 2.75. The fourth-order valence-corrected chi connectivity index (χ4v) is 1.53. The standard InChI is InChI=1S/C12H21NO2/c1-3-8-14-10-7-11(13-4-2)12-6-5-9-15-12/h5-6,9,11,13H,3-4,7-8,10H2,1-2H3. The van der Waals surface area contributed by atoms with Gasteiger partial charge in [0, 0.05) is 13.2 Å². The summed E-state index contributed by atoms with van der Waals surface area (Å²) in [5.41, 5.74) is 0. The molecule has 86 valence electrons. The largest absolute Gasteiger partial charge is 0.468 e. The molecule has 1 aromatic heterocycles. The van der Waals surface area contributed by atoms with Gasteiger partial charge >= 0.3 is 0 Å². The summed E-state index contributed by atoms with van der Waals surface area (Å²) in [6, 6.07) is 4.21. The van der Waals surface area contributed by atoms with Crippen molar-refractivity contribution in [2.24, 2.45) is 0 Å². The minimum Gasteiger partial charge on any atom is -0.468 e. The Morgan fingerprint density at radius 3 is 2.87 bits per heavy atom. The van der Waals surface area contributed by atoms with Crippen molar-refractivity contribution in [3.63, 3.8) is 0 Å². The second-order valence-electron chi connectivity index (χ2n) is 3.53. The Morgan fingerprint density at radius 1 is 1.40 bits per heavy atom. The number of hydrogen-bond donors (Lipinski definition) is 1. The molecule has 1 heterocycles. The highest BCUT2D eigenvalue weighted by atomic mass is 16.5. The Labute approximate surface area is 91.8 Å². The molecule has 1 aromatic rings. The monoisotopic (exact) mass is 211 g/mol. The Balaban J connectivity index is 2.31. The van der Waals surface area contributed by atoms with Crippen molar-refractivity contribution in [2.45, 2.75) is 32.7 Å². The van der Waals surface area contributed by atoms with E-state index in [-0.39, 0.29) is 6.04 Å². The fourth-order valence-electron chi connectivity index (χ4n) is 1.53. The molecular weight excluding hydrogens is 190 g/mol. The smallest absolute Gasteiger partial charge is 0.120 e. The van der Waals surface area contributed by atoms with E-state index in [1.165, 1.54) is 0 Å². The second kappa shape index (κ2) is 7.49. The number of furan rings is 1. The Kier molecular flexibility index (Phi) is 6.12. The maximum absolute atomic E-state index is 5.48. The van der Waals surface area contributed by atoms with Crippen molar-refractivity contribution in [1.29, 1.82) is 0 Å². The third kappa shape index (κ3) is 4.49. The van der Waals surface area contributed by atoms with Gasteiger partial charge in [-0.05, 0) is 31.5 Å². The van der Waals surface area contributed by atoms with Gasteiger partial charge in [0.05, 0.1) is 12.3 Å². The van der Waals surface area contributed by atoms with Gasteiger partial charge < -0.3 is 14.5 Å². The first-order valence-corrected chi connectivity index (χ1v) is 5.73. The summed E-state index contributed by atoms with van der Waals surface area (Å²) in [5, 5.41) is 3.39. The lowest BCUT2D eigenvalue weighted by molar-refractivity contribution is 0.122. The molecule has 0 aliphatic carbocycles. The van der Waals surface area contributed by atoms with Crippen LogP contribution in [0.3, 0.4) is 0 Å². The molecule has 0 amide bonds. The number of rotatable bonds is 8. The Hall–Kier alpha value is -0.800. The van der Waals surface area contributed by atoms with E-state index in [2.05, 4.69) is 19.2 Å². The van der Waals surface area contributed by atoms with Crippen molar-refractivity contribution in [2.75, 3.05) is 19.8 Å². The van der Waals surface area contributed by atoms with Crippen LogP contribution >= 0.6 is 0 Å². The van der Waals surface area contributed by atoms with Gasteiger partial charge in [-0.2, -0.15) is 0 Å². The Morgan fingerprint density at radius 2 is 2.27 bits per heavy atom. The molecule has 1 rings (SSSR count). The quantitative estimate of drug-likeness (QED) is 0.671. The first kappa shape index (κ1) is 12.3. The van der Waals surface area contributed by atoms with Gasteiger partial charge in [0.15, 0.2) is 0 Å². The average Bonchev–Trinajstić information content (AvgIpc) is 2.76. The van der Waals surface area contributed by atoms with Crippen molar-refractivity contribution >= 4 is 0 Å². The van der Waals surface area contributed by atoms with Gasteiger partial charge in [-0.1, -0.05) is 13.8 Å². The zero-order valence-corrected chi connectivity index (χ0v) is 9.66. The first-order chi connectivity index (χ1) is 7.38. The topological polar surface area (TPSA) is 34.4 Å². The number of nitrogens with one attached hydrogen (secondary N) is 1. The number of ether oxygens (including phenoxy) is 1. The van der Waals surface area contributed by atoms with E-state index in [1.54, 1.807) is 6.26 Å². The maximum Gasteiger partial charge on any atom is 0.120 e. The molecule has 1 N–H and O–H groups in total. The van der Waals surface area contributed by atoms with Crippen LogP contribution in [-0.2, 0) is 4.74 Å². The van der Waals surface area contributed by atoms with Gasteiger partial charge in [-0.15, -0.1) is 0 Å². The summed E-state index contributed by atoms with van der Waals surface area (Å²) in [6.07, 6.45) is 3.75. The zero-order chi connectivity index (χ0) is 10.9. The molecule has 15 heavy (non-hydrogen) atoms. The van der Waals surface area contributed by atoms with Crippen LogP contribution in [-0.4, -0.2) is 19.8 Å². The highest BCUT2D eigenvalue weighted by Crippen LogP contribution is 2.16. The van der Waals surface area contributed by atoms with E-state index < -0.39 is 0 Å². The lowest BCUT2D eigenvalue weighted by atomic mass is 10.1. The van der Waals surface area contributed by atoms with Crippen LogP contribution in [0.1, 0.15) is 38.5 Å². The molecule has 1 unspecified atom stereocenters. The van der Waals surface area contributed by atoms with Gasteiger partial charge in [0.2, 0.25) is 0 Å². The van der Waals surface area contributed by atoms with Crippen LogP contribution in [0.4, 0.5) is 0 Å². The highest BCUT2D eigenvalue weighted by Gasteiger charge is 2.12. The minimum absolute atomic E-state index is 0.279. The summed E-state index contributed by atoms with van der Waals surface area (Å²) in [6.45, 7) is 6.79. The fraction of sp³-hybridized carbons (Fsp3) is 0.667. The predicted molar refractivity (Wildman–Crippen MR) is 60.9 cm³/mol. The molecule has 0 aromatic carbocycles. The molecule has 0 aliphatic rings. The van der Waals surface area contributed by atoms with E-state index in [0.29, 0.717) is 0 Å². The van der Waals surface area contributed by atoms with Crippen LogP contribution in [0.2, 0.25) is 0 Å². The maximum atomic E-state index is 5.48. The van der Waals surface area contributed by atoms with Crippen molar-refractivity contribution in [1.82, 2.24) is 5.32 Å². The van der Waals surface area contributed by atoms with E-state index >= 15 is 0 Å². The molecular formula is C12H21NO2. The number of hydrogen-bond acceptors (Lipinski definition) is 3. The molecule has 3 nitrogen and oxygen atoms in total. The molecule has 0 fully saturated rings. The van der Waals surface area contributed by atoms with Crippen molar-refractivity contribution in [3.8, 4) is 0 Å². The van der Waals surface area contributed by atoms with Gasteiger partial charge in [-0.25, -0.2) is 0 Å². The van der Waals surface area contributed by atoms with Crippen LogP contribution in [0.5, 0.6) is 0 Å². The summed E-state index contributed by atoms with van der Waals surface area (Å²) < 4.78 is 10.9. The van der Waals surface area contributed by atoms with E-state index in [4.69, 9.17) is 9.15 Å². The van der Waals surface area contributed by atoms with Crippen LogP contribution < -0.4 is 5.32 Å². The third-order valence-corrected chi connectivity index (χ3v) is 2.24. The molecule has 0 bridgehead atoms. The van der Waals surface area contributed by atoms with Crippen molar-refractivity contribution in [3.05, 3.63) is 24.2 Å². The lowest BCUT2D eigenvalue weighted by Gasteiger charge is -2.15. The van der Waals surface area contributed by atoms with Crippen LogP contribution in [0, 0.1) is 0 Å². The third-order valence-electron chi connectivity index (χ3n) is 2.24. The van der Waals surface area contributed by atoms with E-state index in [1.807, 2.05) is 12.1 Å². The molecule has 0 radical (unpaired) electrons. The van der Waals surface area contributed by atoms with E-state index in [9.17, 15) is 0 Å². The summed E-state index contributed by atoms with van der Waals surface area (Å²) >= 11 is 0. The minimum atomic E-state index is 0.279. The SMILES string of the molecule is CCCOCCC(NCC)c1ccco1. The Bertz CT molecular complexity index is 234. The van der Waals surface area contributed by atoms with Crippen molar-refractivity contribution < 1.29 is 9.15 Å². The van der Waals surface area contributed by atoms with Gasteiger partial charge in [-0.3, -0.25) is 0 Å². The van der Waals surface area contributed by atoms with E-state index in [0.717, 1.165) is 38.4 Å². The molecule has 0 aliphatic heterocycles. The lowest BCUT2D eigenvalue weighted by Crippen LogP contribution is -2.22. The molecule has 0 saturated carbocycles. The molecule has 1 atom stereocenters.